The maximum atomic E-state index is 11.9. The Bertz CT molecular complexity index is 1210. The van der Waals surface area contributed by atoms with E-state index in [2.05, 4.69) is 13.8 Å². The van der Waals surface area contributed by atoms with Gasteiger partial charge in [-0.1, -0.05) is 32.8 Å². The summed E-state index contributed by atoms with van der Waals surface area (Å²) in [6.07, 6.45) is 9.08. The van der Waals surface area contributed by atoms with Crippen molar-refractivity contribution in [2.45, 2.75) is 45.6 Å². The predicted octanol–water partition coefficient (Wildman–Crippen LogP) is 5.32. The van der Waals surface area contributed by atoms with Gasteiger partial charge in [0.05, 0.1) is 27.9 Å². The Balaban J connectivity index is 2.17. The first-order chi connectivity index (χ1) is 17.9. The summed E-state index contributed by atoms with van der Waals surface area (Å²) >= 11 is 0. The Morgan fingerprint density at radius 2 is 1.49 bits per heavy atom. The van der Waals surface area contributed by atoms with Crippen molar-refractivity contribution in [2.75, 3.05) is 27.9 Å². The molecule has 2 N–H and O–H groups in total. The molecule has 7 nitrogen and oxygen atoms in total. The summed E-state index contributed by atoms with van der Waals surface area (Å²) in [5.41, 5.74) is 3.90. The number of hydrogen-bond acceptors (Lipinski definition) is 7. The van der Waals surface area contributed by atoms with E-state index >= 15 is 0 Å². The van der Waals surface area contributed by atoms with E-state index in [1.54, 1.807) is 25.3 Å². The highest BCUT2D eigenvalue weighted by atomic mass is 16.5. The Morgan fingerprint density at radius 3 is 2.05 bits per heavy atom. The first-order valence-corrected chi connectivity index (χ1v) is 12.5. The third-order valence-electron chi connectivity index (χ3n) is 6.07. The van der Waals surface area contributed by atoms with E-state index in [0.29, 0.717) is 33.9 Å². The van der Waals surface area contributed by atoms with Gasteiger partial charge in [0.15, 0.2) is 28.8 Å². The molecule has 0 spiro atoms. The third-order valence-corrected chi connectivity index (χ3v) is 6.07. The van der Waals surface area contributed by atoms with Crippen molar-refractivity contribution in [2.24, 2.45) is 0 Å². The average Bonchev–Trinajstić information content (AvgIpc) is 2.90. The topological polar surface area (TPSA) is 94.5 Å². The number of aliphatic hydroxyl groups excluding tert-OH is 1. The normalized spacial score (nSPS) is 14.9. The molecule has 0 radical (unpaired) electrons. The van der Waals surface area contributed by atoms with E-state index in [4.69, 9.17) is 18.9 Å². The van der Waals surface area contributed by atoms with Crippen LogP contribution in [0.5, 0.6) is 23.0 Å². The van der Waals surface area contributed by atoms with Crippen LogP contribution in [0.4, 0.5) is 0 Å². The van der Waals surface area contributed by atoms with Crippen LogP contribution >= 0.6 is 0 Å². The third kappa shape index (κ3) is 6.54. The van der Waals surface area contributed by atoms with Gasteiger partial charge < -0.3 is 29.2 Å². The second-order valence-corrected chi connectivity index (χ2v) is 8.78. The van der Waals surface area contributed by atoms with Gasteiger partial charge in [-0.25, -0.2) is 0 Å². The molecule has 0 bridgehead atoms. The number of aromatic hydroxyl groups is 1. The highest BCUT2D eigenvalue weighted by Crippen LogP contribution is 2.47. The summed E-state index contributed by atoms with van der Waals surface area (Å²) in [7, 11) is 4.52. The maximum Gasteiger partial charge on any atom is 0.220 e. The van der Waals surface area contributed by atoms with Crippen LogP contribution in [-0.2, 0) is 22.4 Å². The van der Waals surface area contributed by atoms with E-state index in [1.165, 1.54) is 20.3 Å². The predicted molar refractivity (Wildman–Crippen MR) is 143 cm³/mol. The quantitative estimate of drug-likeness (QED) is 0.401. The number of ether oxygens (including phenoxy) is 4. The second-order valence-electron chi connectivity index (χ2n) is 8.78. The highest BCUT2D eigenvalue weighted by molar-refractivity contribution is 6.04. The number of rotatable bonds is 12. The Labute approximate surface area is 218 Å². The van der Waals surface area contributed by atoms with E-state index in [1.807, 2.05) is 24.3 Å². The molecule has 0 fully saturated rings. The summed E-state index contributed by atoms with van der Waals surface area (Å²) in [6.45, 7) is 3.86. The Hall–Kier alpha value is -3.71. The number of hydrogen-bond donors (Lipinski definition) is 2. The lowest BCUT2D eigenvalue weighted by Crippen LogP contribution is -2.20. The molecule has 7 heteroatoms. The molecule has 2 aromatic rings. The number of phenols is 1. The van der Waals surface area contributed by atoms with Crippen LogP contribution in [-0.4, -0.2) is 50.0 Å². The largest absolute Gasteiger partial charge is 0.504 e. The number of carbonyl (C=O) groups is 1. The molecule has 0 saturated heterocycles. The van der Waals surface area contributed by atoms with Gasteiger partial charge in [0.25, 0.3) is 0 Å². The van der Waals surface area contributed by atoms with Crippen molar-refractivity contribution < 1.29 is 34.0 Å². The van der Waals surface area contributed by atoms with E-state index in [-0.39, 0.29) is 23.9 Å². The molecule has 0 aliphatic heterocycles. The van der Waals surface area contributed by atoms with E-state index in [9.17, 15) is 15.0 Å². The monoisotopic (exact) mass is 508 g/mol. The molecule has 1 aliphatic carbocycles. The average molecular weight is 509 g/mol. The van der Waals surface area contributed by atoms with Crippen LogP contribution in [0.2, 0.25) is 0 Å². The smallest absolute Gasteiger partial charge is 0.220 e. The van der Waals surface area contributed by atoms with Gasteiger partial charge in [-0.2, -0.15) is 0 Å². The van der Waals surface area contributed by atoms with Gasteiger partial charge in [-0.05, 0) is 72.0 Å². The fraction of sp³-hybridized carbons (Fsp3) is 0.367. The zero-order valence-electron chi connectivity index (χ0n) is 22.2. The minimum Gasteiger partial charge on any atom is -0.504 e. The molecule has 1 atom stereocenters. The molecule has 0 amide bonds. The minimum absolute atomic E-state index is 0.00297. The molecule has 37 heavy (non-hydrogen) atoms. The van der Waals surface area contributed by atoms with Crippen molar-refractivity contribution in [1.82, 2.24) is 0 Å². The van der Waals surface area contributed by atoms with Gasteiger partial charge in [0, 0.05) is 11.1 Å². The fourth-order valence-electron chi connectivity index (χ4n) is 4.30. The highest BCUT2D eigenvalue weighted by Gasteiger charge is 2.23. The Kier molecular flexibility index (Phi) is 9.80. The number of ketones is 1. The number of phenolic OH excluding ortho intramolecular Hbond substituents is 1. The zero-order valence-corrected chi connectivity index (χ0v) is 22.2. The summed E-state index contributed by atoms with van der Waals surface area (Å²) in [5, 5.41) is 21.3. The molecule has 198 valence electrons. The number of aliphatic hydroxyl groups is 1. The number of methoxy groups -OCH3 is 3. The first-order valence-electron chi connectivity index (χ1n) is 12.5. The molecular weight excluding hydrogens is 472 g/mol. The van der Waals surface area contributed by atoms with Crippen LogP contribution in [0.25, 0.3) is 11.1 Å². The van der Waals surface area contributed by atoms with Gasteiger partial charge >= 0.3 is 0 Å². The lowest BCUT2D eigenvalue weighted by atomic mass is 9.95. The second kappa shape index (κ2) is 13.0. The minimum atomic E-state index is -0.769. The molecule has 0 heterocycles. The van der Waals surface area contributed by atoms with Crippen LogP contribution < -0.4 is 14.2 Å². The van der Waals surface area contributed by atoms with Gasteiger partial charge in [0.1, 0.15) is 6.10 Å². The number of benzene rings is 2. The van der Waals surface area contributed by atoms with Crippen LogP contribution in [0.3, 0.4) is 0 Å². The fourth-order valence-corrected chi connectivity index (χ4v) is 4.30. The Morgan fingerprint density at radius 1 is 0.865 bits per heavy atom. The van der Waals surface area contributed by atoms with Crippen molar-refractivity contribution in [1.29, 1.82) is 0 Å². The molecule has 0 aromatic heterocycles. The maximum absolute atomic E-state index is 11.9. The first kappa shape index (κ1) is 27.9. The van der Waals surface area contributed by atoms with Crippen molar-refractivity contribution >= 4 is 5.78 Å². The summed E-state index contributed by atoms with van der Waals surface area (Å²) in [6, 6.07) is 7.67. The molecule has 1 aliphatic rings. The lowest BCUT2D eigenvalue weighted by Gasteiger charge is -2.22. The van der Waals surface area contributed by atoms with Gasteiger partial charge in [-0.15, -0.1) is 0 Å². The van der Waals surface area contributed by atoms with Gasteiger partial charge in [-0.3, -0.25) is 4.79 Å². The number of allylic oxidation sites excluding steroid dienone is 4. The lowest BCUT2D eigenvalue weighted by molar-refractivity contribution is -0.114. The van der Waals surface area contributed by atoms with Crippen molar-refractivity contribution in [3.05, 3.63) is 71.0 Å². The zero-order chi connectivity index (χ0) is 26.9. The van der Waals surface area contributed by atoms with Gasteiger partial charge in [0.2, 0.25) is 5.78 Å². The van der Waals surface area contributed by atoms with Crippen molar-refractivity contribution in [3.63, 3.8) is 0 Å². The van der Waals surface area contributed by atoms with E-state index in [0.717, 1.165) is 36.8 Å². The number of carbonyl (C=O) groups excluding carboxylic acids is 1. The summed E-state index contributed by atoms with van der Waals surface area (Å²) < 4.78 is 22.7. The molecule has 2 aromatic carbocycles. The molecule has 0 saturated carbocycles. The SMILES string of the molecule is CCCc1cc(OC)c(O)c(-c2cc(CCC)cc(OC)c2OC(/C=C2\C=CC(=O)C(OC)=C2)CO)c1. The van der Waals surface area contributed by atoms with E-state index < -0.39 is 6.10 Å². The molecular formula is C30H36O7. The standard InChI is InChI=1S/C30H36O7/c1-6-8-19-13-23(29(33)27(16-19)35-4)24-14-20(9-7-2)17-28(36-5)30(24)37-22(18-31)12-21-10-11-25(32)26(15-21)34-3/h10-17,22,31,33H,6-9,18H2,1-5H3/b21-12+. The van der Waals surface area contributed by atoms with Crippen LogP contribution in [0.15, 0.2) is 59.9 Å². The summed E-state index contributed by atoms with van der Waals surface area (Å²) in [5.74, 6) is 1.23. The van der Waals surface area contributed by atoms with Crippen molar-refractivity contribution in [3.8, 4) is 34.1 Å². The van der Waals surface area contributed by atoms with Crippen LogP contribution in [0, 0.1) is 0 Å². The number of aryl methyl sites for hydroxylation is 2. The summed E-state index contributed by atoms with van der Waals surface area (Å²) in [4.78, 5) is 11.9. The molecule has 3 rings (SSSR count). The molecule has 1 unspecified atom stereocenters. The van der Waals surface area contributed by atoms with Crippen LogP contribution in [0.1, 0.15) is 37.8 Å².